The molecule has 1 N–H and O–H groups in total. The van der Waals surface area contributed by atoms with E-state index in [1.54, 1.807) is 13.8 Å². The van der Waals surface area contributed by atoms with Gasteiger partial charge >= 0.3 is 12.1 Å². The summed E-state index contributed by atoms with van der Waals surface area (Å²) in [6, 6.07) is 2.62. The van der Waals surface area contributed by atoms with Gasteiger partial charge in [0, 0.05) is 22.4 Å². The van der Waals surface area contributed by atoms with Crippen molar-refractivity contribution in [3.8, 4) is 11.8 Å². The third-order valence-corrected chi connectivity index (χ3v) is 2.64. The van der Waals surface area contributed by atoms with Crippen LogP contribution in [0.2, 0.25) is 0 Å². The number of carboxylic acid groups (broad SMARTS) is 1. The molecule has 0 saturated heterocycles. The number of azide groups is 1. The van der Waals surface area contributed by atoms with E-state index in [1.807, 2.05) is 0 Å². The van der Waals surface area contributed by atoms with E-state index in [9.17, 15) is 18.0 Å². The number of aromatic carboxylic acids is 1. The maximum Gasteiger partial charge on any atom is 0.417 e. The molecule has 0 radical (unpaired) electrons. The summed E-state index contributed by atoms with van der Waals surface area (Å²) in [5.74, 6) is 3.55. The van der Waals surface area contributed by atoms with Crippen LogP contribution in [-0.2, 0) is 6.18 Å². The van der Waals surface area contributed by atoms with Gasteiger partial charge in [-0.2, -0.15) is 13.2 Å². The molecule has 0 amide bonds. The summed E-state index contributed by atoms with van der Waals surface area (Å²) in [7, 11) is 0. The zero-order valence-electron chi connectivity index (χ0n) is 11.8. The second-order valence-corrected chi connectivity index (χ2v) is 5.09. The van der Waals surface area contributed by atoms with Crippen LogP contribution in [0.5, 0.6) is 0 Å². The van der Waals surface area contributed by atoms with Crippen molar-refractivity contribution in [2.24, 2.45) is 10.5 Å². The van der Waals surface area contributed by atoms with Crippen LogP contribution in [0.25, 0.3) is 10.4 Å². The summed E-state index contributed by atoms with van der Waals surface area (Å²) in [4.78, 5) is 13.4. The summed E-state index contributed by atoms with van der Waals surface area (Å²) < 4.78 is 39.0. The Morgan fingerprint density at radius 1 is 1.41 bits per heavy atom. The van der Waals surface area contributed by atoms with Gasteiger partial charge < -0.3 is 5.11 Å². The molecular weight excluding hydrogens is 299 g/mol. The molecule has 0 fully saturated rings. The van der Waals surface area contributed by atoms with Crippen molar-refractivity contribution in [1.82, 2.24) is 0 Å². The summed E-state index contributed by atoms with van der Waals surface area (Å²) in [5, 5.41) is 12.1. The maximum atomic E-state index is 13.0. The molecule has 5 nitrogen and oxygen atoms in total. The average Bonchev–Trinajstić information content (AvgIpc) is 2.42. The van der Waals surface area contributed by atoms with Crippen molar-refractivity contribution in [2.45, 2.75) is 20.0 Å². The highest BCUT2D eigenvalue weighted by molar-refractivity contribution is 5.88. The largest absolute Gasteiger partial charge is 0.478 e. The molecule has 0 spiro atoms. The Hall–Kier alpha value is -2.65. The number of hydrogen-bond donors (Lipinski definition) is 1. The lowest BCUT2D eigenvalue weighted by atomic mass is 9.93. The van der Waals surface area contributed by atoms with E-state index in [2.05, 4.69) is 21.9 Å². The van der Waals surface area contributed by atoms with Crippen LogP contribution in [0.15, 0.2) is 23.3 Å². The number of rotatable bonds is 3. The number of halogens is 3. The fourth-order valence-corrected chi connectivity index (χ4v) is 1.51. The molecule has 0 aromatic heterocycles. The number of hydrogen-bond acceptors (Lipinski definition) is 2. The summed E-state index contributed by atoms with van der Waals surface area (Å²) in [6.45, 7) is 3.24. The first-order chi connectivity index (χ1) is 10.1. The van der Waals surface area contributed by atoms with Crippen molar-refractivity contribution in [2.75, 3.05) is 6.54 Å². The SMILES string of the molecule is CC(C)(C#Cc1ccc(C(=O)O)cc1C(F)(F)F)CN=[N+]=[N-]. The van der Waals surface area contributed by atoms with Crippen LogP contribution in [0.3, 0.4) is 0 Å². The monoisotopic (exact) mass is 311 g/mol. The van der Waals surface area contributed by atoms with Crippen LogP contribution in [-0.4, -0.2) is 17.6 Å². The van der Waals surface area contributed by atoms with E-state index < -0.39 is 28.7 Å². The molecule has 0 saturated carbocycles. The number of carboxylic acids is 1. The van der Waals surface area contributed by atoms with Crippen molar-refractivity contribution >= 4 is 5.97 Å². The van der Waals surface area contributed by atoms with Crippen LogP contribution >= 0.6 is 0 Å². The van der Waals surface area contributed by atoms with Gasteiger partial charge in [0.2, 0.25) is 0 Å². The Labute approximate surface area is 124 Å². The van der Waals surface area contributed by atoms with Crippen molar-refractivity contribution in [3.05, 3.63) is 45.3 Å². The topological polar surface area (TPSA) is 86.1 Å². The fourth-order valence-electron chi connectivity index (χ4n) is 1.51. The van der Waals surface area contributed by atoms with Crippen LogP contribution in [0.4, 0.5) is 13.2 Å². The lowest BCUT2D eigenvalue weighted by Crippen LogP contribution is -2.13. The van der Waals surface area contributed by atoms with E-state index in [1.165, 1.54) is 0 Å². The highest BCUT2D eigenvalue weighted by Crippen LogP contribution is 2.32. The Balaban J connectivity index is 3.32. The van der Waals surface area contributed by atoms with Crippen molar-refractivity contribution < 1.29 is 23.1 Å². The van der Waals surface area contributed by atoms with Crippen LogP contribution < -0.4 is 0 Å². The minimum atomic E-state index is -4.72. The third-order valence-electron chi connectivity index (χ3n) is 2.64. The van der Waals surface area contributed by atoms with Gasteiger partial charge in [0.05, 0.1) is 11.1 Å². The quantitative estimate of drug-likeness (QED) is 0.394. The number of alkyl halides is 3. The van der Waals surface area contributed by atoms with Gasteiger partial charge in [0.15, 0.2) is 0 Å². The lowest BCUT2D eigenvalue weighted by Gasteiger charge is -2.14. The highest BCUT2D eigenvalue weighted by Gasteiger charge is 2.34. The normalized spacial score (nSPS) is 11.1. The van der Waals surface area contributed by atoms with Crippen LogP contribution in [0, 0.1) is 17.3 Å². The first kappa shape index (κ1) is 17.4. The standard InChI is InChI=1S/C14H12F3N3O2/c1-13(2,8-19-20-18)6-5-9-3-4-10(12(21)22)7-11(9)14(15,16)17/h3-4,7H,8H2,1-2H3,(H,21,22). The number of nitrogens with zero attached hydrogens (tertiary/aromatic N) is 3. The molecule has 0 bridgehead atoms. The zero-order valence-corrected chi connectivity index (χ0v) is 11.8. The molecule has 0 aliphatic heterocycles. The molecule has 22 heavy (non-hydrogen) atoms. The predicted molar refractivity (Wildman–Crippen MR) is 73.1 cm³/mol. The number of benzene rings is 1. The summed E-state index contributed by atoms with van der Waals surface area (Å²) in [5.41, 5.74) is 5.54. The van der Waals surface area contributed by atoms with E-state index in [-0.39, 0.29) is 12.1 Å². The van der Waals surface area contributed by atoms with Gasteiger partial charge in [-0.05, 0) is 37.6 Å². The van der Waals surface area contributed by atoms with Gasteiger partial charge in [0.1, 0.15) is 0 Å². The molecular formula is C14H12F3N3O2. The van der Waals surface area contributed by atoms with E-state index in [0.717, 1.165) is 12.1 Å². The molecule has 1 rings (SSSR count). The minimum absolute atomic E-state index is 0.00502. The zero-order chi connectivity index (χ0) is 17.0. The number of carbonyl (C=O) groups is 1. The van der Waals surface area contributed by atoms with E-state index in [4.69, 9.17) is 10.6 Å². The molecule has 0 unspecified atom stereocenters. The molecule has 8 heteroatoms. The van der Waals surface area contributed by atoms with Gasteiger partial charge in [0.25, 0.3) is 0 Å². The second-order valence-electron chi connectivity index (χ2n) is 5.09. The smallest absolute Gasteiger partial charge is 0.417 e. The van der Waals surface area contributed by atoms with Gasteiger partial charge in [-0.3, -0.25) is 0 Å². The summed E-state index contributed by atoms with van der Waals surface area (Å²) >= 11 is 0. The average molecular weight is 311 g/mol. The third kappa shape index (κ3) is 4.72. The van der Waals surface area contributed by atoms with Gasteiger partial charge in [-0.25, -0.2) is 4.79 Å². The Morgan fingerprint density at radius 3 is 2.55 bits per heavy atom. The highest BCUT2D eigenvalue weighted by atomic mass is 19.4. The van der Waals surface area contributed by atoms with Crippen molar-refractivity contribution in [1.29, 1.82) is 0 Å². The molecule has 0 aliphatic carbocycles. The minimum Gasteiger partial charge on any atom is -0.478 e. The molecule has 1 aromatic rings. The molecule has 0 heterocycles. The Kier molecular flexibility index (Phi) is 5.07. The molecule has 0 aliphatic rings. The Bertz CT molecular complexity index is 694. The van der Waals surface area contributed by atoms with Gasteiger partial charge in [-0.15, -0.1) is 0 Å². The predicted octanol–water partition coefficient (Wildman–Crippen LogP) is 4.09. The first-order valence-electron chi connectivity index (χ1n) is 6.05. The summed E-state index contributed by atoms with van der Waals surface area (Å²) in [6.07, 6.45) is -4.72. The first-order valence-corrected chi connectivity index (χ1v) is 6.05. The molecule has 1 aromatic carbocycles. The van der Waals surface area contributed by atoms with Crippen molar-refractivity contribution in [3.63, 3.8) is 0 Å². The molecule has 116 valence electrons. The lowest BCUT2D eigenvalue weighted by molar-refractivity contribution is -0.137. The maximum absolute atomic E-state index is 13.0. The van der Waals surface area contributed by atoms with E-state index >= 15 is 0 Å². The van der Waals surface area contributed by atoms with E-state index in [0.29, 0.717) is 6.07 Å². The van der Waals surface area contributed by atoms with Crippen LogP contribution in [0.1, 0.15) is 35.3 Å². The molecule has 0 atom stereocenters. The fraction of sp³-hybridized carbons (Fsp3) is 0.357. The second kappa shape index (κ2) is 6.41. The van der Waals surface area contributed by atoms with Gasteiger partial charge in [-0.1, -0.05) is 17.0 Å². The Morgan fingerprint density at radius 2 is 2.05 bits per heavy atom.